The van der Waals surface area contributed by atoms with E-state index in [2.05, 4.69) is 78.6 Å². The number of hydrogen-bond acceptors (Lipinski definition) is 1. The average molecular weight is 372 g/mol. The van der Waals surface area contributed by atoms with Gasteiger partial charge in [-0.1, -0.05) is 104 Å². The van der Waals surface area contributed by atoms with Gasteiger partial charge in [-0.25, -0.2) is 0 Å². The lowest BCUT2D eigenvalue weighted by atomic mass is 10.0. The van der Waals surface area contributed by atoms with E-state index in [9.17, 15) is 4.79 Å². The van der Waals surface area contributed by atoms with E-state index >= 15 is 0 Å². The first-order valence-electron chi connectivity index (χ1n) is 9.76. The Kier molecular flexibility index (Phi) is 5.41. The minimum atomic E-state index is -2.14. The number of Topliss-reactive ketones (excluding diaryl/α,β-unsaturated/α-hetero) is 1. The van der Waals surface area contributed by atoms with Crippen LogP contribution in [0.2, 0.25) is 0 Å². The molecule has 0 saturated heterocycles. The molecule has 2 heteroatoms. The van der Waals surface area contributed by atoms with Gasteiger partial charge in [0.2, 0.25) is 0 Å². The van der Waals surface area contributed by atoms with E-state index in [1.165, 1.54) is 28.8 Å². The maximum Gasteiger partial charge on any atom is 0.159 e. The predicted molar refractivity (Wildman–Crippen MR) is 118 cm³/mol. The minimum Gasteiger partial charge on any atom is -0.294 e. The summed E-state index contributed by atoms with van der Waals surface area (Å²) in [5.74, 6) is 2.64. The molecule has 1 saturated carbocycles. The normalized spacial score (nSPS) is 14.8. The van der Waals surface area contributed by atoms with E-state index in [4.69, 9.17) is 0 Å². The SMILES string of the molecule is O=C(C=P(c1ccccc1)(c1ccccc1)c1ccccc1)C1CCCC1. The van der Waals surface area contributed by atoms with Gasteiger partial charge in [-0.3, -0.25) is 4.79 Å². The summed E-state index contributed by atoms with van der Waals surface area (Å²) in [5.41, 5.74) is 0. The Hall–Kier alpha value is -2.37. The van der Waals surface area contributed by atoms with E-state index in [1.807, 2.05) is 18.2 Å². The molecular formula is C25H25OP. The Morgan fingerprint density at radius 1 is 0.667 bits per heavy atom. The van der Waals surface area contributed by atoms with Gasteiger partial charge in [-0.05, 0) is 41.4 Å². The third kappa shape index (κ3) is 3.57. The summed E-state index contributed by atoms with van der Waals surface area (Å²) in [6.45, 7) is -2.14. The van der Waals surface area contributed by atoms with Crippen LogP contribution in [0.5, 0.6) is 0 Å². The second-order valence-corrected chi connectivity index (χ2v) is 10.5. The maximum atomic E-state index is 13.4. The van der Waals surface area contributed by atoms with Crippen LogP contribution in [0.25, 0.3) is 0 Å². The highest BCUT2D eigenvalue weighted by Crippen LogP contribution is 2.44. The van der Waals surface area contributed by atoms with Gasteiger partial charge >= 0.3 is 0 Å². The van der Waals surface area contributed by atoms with Gasteiger partial charge in [0.25, 0.3) is 0 Å². The van der Waals surface area contributed by atoms with Crippen molar-refractivity contribution < 1.29 is 4.79 Å². The zero-order valence-corrected chi connectivity index (χ0v) is 16.4. The van der Waals surface area contributed by atoms with E-state index in [0.29, 0.717) is 5.78 Å². The largest absolute Gasteiger partial charge is 0.294 e. The number of carbonyl (C=O) groups excluding carboxylic acids is 1. The number of rotatable bonds is 5. The lowest BCUT2D eigenvalue weighted by Gasteiger charge is -2.29. The summed E-state index contributed by atoms with van der Waals surface area (Å²) in [4.78, 5) is 13.4. The highest BCUT2D eigenvalue weighted by atomic mass is 31.2. The Labute approximate surface area is 162 Å². The van der Waals surface area contributed by atoms with Crippen molar-refractivity contribution in [2.24, 2.45) is 5.92 Å². The van der Waals surface area contributed by atoms with Crippen molar-refractivity contribution in [2.75, 3.05) is 0 Å². The molecule has 27 heavy (non-hydrogen) atoms. The van der Waals surface area contributed by atoms with Gasteiger partial charge in [0.15, 0.2) is 5.78 Å². The highest BCUT2D eigenvalue weighted by Gasteiger charge is 2.29. The Morgan fingerprint density at radius 3 is 1.41 bits per heavy atom. The first kappa shape index (κ1) is 18.0. The molecule has 0 atom stereocenters. The molecule has 0 spiro atoms. The fraction of sp³-hybridized carbons (Fsp3) is 0.200. The number of carbonyl (C=O) groups is 1. The Bertz CT molecular complexity index is 836. The third-order valence-electron chi connectivity index (χ3n) is 5.57. The van der Waals surface area contributed by atoms with E-state index in [-0.39, 0.29) is 5.92 Å². The molecule has 0 heterocycles. The summed E-state index contributed by atoms with van der Waals surface area (Å²) in [7, 11) is 0. The third-order valence-corrected chi connectivity index (χ3v) is 9.55. The topological polar surface area (TPSA) is 17.1 Å². The van der Waals surface area contributed by atoms with Crippen LogP contribution in [0.15, 0.2) is 91.0 Å². The molecule has 0 radical (unpaired) electrons. The van der Waals surface area contributed by atoms with Crippen LogP contribution in [0.3, 0.4) is 0 Å². The number of benzene rings is 3. The standard InChI is InChI=1S/C25H25OP/c26-25(21-12-10-11-13-21)20-27(22-14-4-1-5-15-22,23-16-6-2-7-17-23)24-18-8-3-9-19-24/h1-9,14-21H,10-13H2. The summed E-state index contributed by atoms with van der Waals surface area (Å²) in [6.07, 6.45) is 4.43. The van der Waals surface area contributed by atoms with Crippen molar-refractivity contribution in [2.45, 2.75) is 25.7 Å². The van der Waals surface area contributed by atoms with Crippen molar-refractivity contribution >= 4 is 34.4 Å². The molecule has 4 rings (SSSR count). The van der Waals surface area contributed by atoms with Gasteiger partial charge in [0.05, 0.1) is 0 Å². The van der Waals surface area contributed by atoms with Crippen LogP contribution in [0, 0.1) is 5.92 Å². The Morgan fingerprint density at radius 2 is 1.04 bits per heavy atom. The van der Waals surface area contributed by atoms with Crippen LogP contribution < -0.4 is 15.9 Å². The van der Waals surface area contributed by atoms with E-state index < -0.39 is 6.89 Å². The Balaban J connectivity index is 2.02. The summed E-state index contributed by atoms with van der Waals surface area (Å²) < 4.78 is 0. The average Bonchev–Trinajstić information content (AvgIpc) is 3.29. The molecule has 1 aliphatic rings. The first-order valence-corrected chi connectivity index (χ1v) is 11.6. The quantitative estimate of drug-likeness (QED) is 0.601. The van der Waals surface area contributed by atoms with E-state index in [0.717, 1.165) is 12.8 Å². The van der Waals surface area contributed by atoms with Crippen molar-refractivity contribution in [1.29, 1.82) is 0 Å². The van der Waals surface area contributed by atoms with Gasteiger partial charge in [-0.2, -0.15) is 0 Å². The van der Waals surface area contributed by atoms with Crippen LogP contribution in [-0.4, -0.2) is 11.6 Å². The molecule has 0 unspecified atom stereocenters. The van der Waals surface area contributed by atoms with Gasteiger partial charge < -0.3 is 0 Å². The van der Waals surface area contributed by atoms with Gasteiger partial charge in [0, 0.05) is 5.92 Å². The molecule has 1 nitrogen and oxygen atoms in total. The van der Waals surface area contributed by atoms with Crippen molar-refractivity contribution in [1.82, 2.24) is 0 Å². The lowest BCUT2D eigenvalue weighted by Crippen LogP contribution is -2.29. The second-order valence-electron chi connectivity index (χ2n) is 7.24. The number of ketones is 1. The fourth-order valence-electron chi connectivity index (χ4n) is 4.17. The summed E-state index contributed by atoms with van der Waals surface area (Å²) in [5, 5.41) is 3.73. The smallest absolute Gasteiger partial charge is 0.159 e. The monoisotopic (exact) mass is 372 g/mol. The highest BCUT2D eigenvalue weighted by molar-refractivity contribution is 7.95. The van der Waals surface area contributed by atoms with E-state index in [1.54, 1.807) is 0 Å². The molecule has 1 aliphatic carbocycles. The summed E-state index contributed by atoms with van der Waals surface area (Å²) in [6, 6.07) is 31.8. The molecule has 0 N–H and O–H groups in total. The second kappa shape index (κ2) is 8.11. The first-order chi connectivity index (χ1) is 13.3. The van der Waals surface area contributed by atoms with Crippen LogP contribution in [-0.2, 0) is 4.79 Å². The van der Waals surface area contributed by atoms with Crippen molar-refractivity contribution in [3.05, 3.63) is 91.0 Å². The summed E-state index contributed by atoms with van der Waals surface area (Å²) >= 11 is 0. The zero-order chi connectivity index (χ0) is 18.5. The lowest BCUT2D eigenvalue weighted by molar-refractivity contribution is -0.115. The van der Waals surface area contributed by atoms with Gasteiger partial charge in [0.1, 0.15) is 0 Å². The molecular weight excluding hydrogens is 347 g/mol. The van der Waals surface area contributed by atoms with Crippen LogP contribution >= 0.6 is 6.89 Å². The fourth-order valence-corrected chi connectivity index (χ4v) is 8.03. The molecule has 3 aromatic rings. The van der Waals surface area contributed by atoms with Crippen molar-refractivity contribution in [3.63, 3.8) is 0 Å². The molecule has 0 aromatic heterocycles. The molecule has 1 fully saturated rings. The van der Waals surface area contributed by atoms with Crippen molar-refractivity contribution in [3.8, 4) is 0 Å². The zero-order valence-electron chi connectivity index (χ0n) is 15.5. The predicted octanol–water partition coefficient (Wildman–Crippen LogP) is 4.54. The minimum absolute atomic E-state index is 0.195. The van der Waals surface area contributed by atoms with Crippen LogP contribution in [0.4, 0.5) is 0 Å². The molecule has 0 aliphatic heterocycles. The molecule has 3 aromatic carbocycles. The van der Waals surface area contributed by atoms with Crippen LogP contribution in [0.1, 0.15) is 25.7 Å². The maximum absolute atomic E-state index is 13.4. The number of hydrogen-bond donors (Lipinski definition) is 0. The molecule has 0 bridgehead atoms. The molecule has 136 valence electrons. The molecule has 0 amide bonds. The van der Waals surface area contributed by atoms with Gasteiger partial charge in [-0.15, -0.1) is 0 Å².